The van der Waals surface area contributed by atoms with E-state index in [0.717, 1.165) is 17.0 Å². The van der Waals surface area contributed by atoms with Gasteiger partial charge in [-0.3, -0.25) is 4.90 Å². The largest absolute Gasteiger partial charge is 0.416 e. The van der Waals surface area contributed by atoms with Crippen molar-refractivity contribution >= 4 is 11.7 Å². The molecular formula is C20H16F3N3O2. The molecule has 1 atom stereocenters. The molecule has 1 aliphatic rings. The van der Waals surface area contributed by atoms with E-state index in [1.165, 1.54) is 12.1 Å². The molecule has 2 amide bonds. The molecule has 0 aromatic heterocycles. The molecule has 28 heavy (non-hydrogen) atoms. The van der Waals surface area contributed by atoms with E-state index in [0.29, 0.717) is 22.4 Å². The molecule has 0 spiro atoms. The number of aliphatic hydroxyl groups is 1. The lowest BCUT2D eigenvalue weighted by atomic mass is 9.94. The summed E-state index contributed by atoms with van der Waals surface area (Å²) in [6.07, 6.45) is -4.54. The smallest absolute Gasteiger partial charge is 0.392 e. The summed E-state index contributed by atoms with van der Waals surface area (Å²) >= 11 is 0. The first kappa shape index (κ1) is 19.5. The van der Waals surface area contributed by atoms with E-state index in [2.05, 4.69) is 5.32 Å². The fourth-order valence-corrected chi connectivity index (χ4v) is 3.15. The Hall–Kier alpha value is -3.31. The first-order valence-electron chi connectivity index (χ1n) is 8.34. The van der Waals surface area contributed by atoms with Gasteiger partial charge in [0, 0.05) is 11.3 Å². The number of rotatable bonds is 3. The van der Waals surface area contributed by atoms with Crippen LogP contribution in [-0.4, -0.2) is 17.7 Å². The van der Waals surface area contributed by atoms with Crippen LogP contribution in [0, 0.1) is 11.3 Å². The highest BCUT2D eigenvalue weighted by Gasteiger charge is 2.35. The standard InChI is InChI=1S/C20H16F3N3O2/c1-12-17(11-27)18(14-7-5-13(10-24)6-8-14)25-19(28)26(12)16-4-2-3-15(9-16)20(21,22)23/h2-9,18,27H,11H2,1H3,(H,25,28). The lowest BCUT2D eigenvalue weighted by Gasteiger charge is -2.36. The monoisotopic (exact) mass is 387 g/mol. The van der Waals surface area contributed by atoms with Crippen LogP contribution in [0.15, 0.2) is 59.8 Å². The first-order chi connectivity index (χ1) is 13.3. The van der Waals surface area contributed by atoms with Crippen molar-refractivity contribution in [2.45, 2.75) is 19.1 Å². The Kier molecular flexibility index (Phi) is 5.12. The van der Waals surface area contributed by atoms with Crippen LogP contribution < -0.4 is 10.2 Å². The maximum absolute atomic E-state index is 13.0. The Morgan fingerprint density at radius 3 is 2.46 bits per heavy atom. The van der Waals surface area contributed by atoms with Crippen molar-refractivity contribution in [3.63, 3.8) is 0 Å². The third-order valence-electron chi connectivity index (χ3n) is 4.59. The molecule has 1 aliphatic heterocycles. The van der Waals surface area contributed by atoms with E-state index < -0.39 is 30.4 Å². The predicted octanol–water partition coefficient (Wildman–Crippen LogP) is 4.11. The van der Waals surface area contributed by atoms with Gasteiger partial charge in [0.2, 0.25) is 0 Å². The summed E-state index contributed by atoms with van der Waals surface area (Å²) in [5.41, 5.74) is 1.07. The van der Waals surface area contributed by atoms with Gasteiger partial charge in [-0.15, -0.1) is 0 Å². The summed E-state index contributed by atoms with van der Waals surface area (Å²) in [4.78, 5) is 13.8. The number of amides is 2. The molecule has 144 valence electrons. The van der Waals surface area contributed by atoms with Crippen molar-refractivity contribution in [2.24, 2.45) is 0 Å². The highest BCUT2D eigenvalue weighted by molar-refractivity contribution is 5.97. The van der Waals surface area contributed by atoms with Gasteiger partial charge in [-0.1, -0.05) is 18.2 Å². The van der Waals surface area contributed by atoms with E-state index in [1.54, 1.807) is 31.2 Å². The number of nitrogens with one attached hydrogen (secondary N) is 1. The van der Waals surface area contributed by atoms with Gasteiger partial charge < -0.3 is 10.4 Å². The van der Waals surface area contributed by atoms with Crippen LogP contribution in [0.25, 0.3) is 0 Å². The minimum absolute atomic E-state index is 0.0500. The molecule has 0 radical (unpaired) electrons. The van der Waals surface area contributed by atoms with Crippen molar-refractivity contribution < 1.29 is 23.1 Å². The summed E-state index contributed by atoms with van der Waals surface area (Å²) in [5, 5.41) is 21.5. The van der Waals surface area contributed by atoms with Gasteiger partial charge in [0.25, 0.3) is 0 Å². The van der Waals surface area contributed by atoms with E-state index in [-0.39, 0.29) is 5.69 Å². The zero-order chi connectivity index (χ0) is 20.5. The number of nitrogens with zero attached hydrogens (tertiary/aromatic N) is 2. The van der Waals surface area contributed by atoms with Gasteiger partial charge >= 0.3 is 12.2 Å². The molecule has 2 aromatic carbocycles. The average Bonchev–Trinajstić information content (AvgIpc) is 2.67. The summed E-state index contributed by atoms with van der Waals surface area (Å²) in [7, 11) is 0. The molecule has 8 heteroatoms. The molecule has 1 heterocycles. The molecule has 2 N–H and O–H groups in total. The topological polar surface area (TPSA) is 76.4 Å². The van der Waals surface area contributed by atoms with Crippen molar-refractivity contribution in [3.8, 4) is 6.07 Å². The second-order valence-corrected chi connectivity index (χ2v) is 6.27. The van der Waals surface area contributed by atoms with E-state index in [1.807, 2.05) is 6.07 Å². The second kappa shape index (κ2) is 7.37. The van der Waals surface area contributed by atoms with Crippen LogP contribution >= 0.6 is 0 Å². The number of anilines is 1. The van der Waals surface area contributed by atoms with Gasteiger partial charge in [-0.05, 0) is 42.8 Å². The zero-order valence-electron chi connectivity index (χ0n) is 14.8. The molecule has 0 saturated heterocycles. The zero-order valence-corrected chi connectivity index (χ0v) is 14.8. The lowest BCUT2D eigenvalue weighted by molar-refractivity contribution is -0.137. The quantitative estimate of drug-likeness (QED) is 0.832. The fraction of sp³-hybridized carbons (Fsp3) is 0.200. The van der Waals surface area contributed by atoms with Crippen LogP contribution in [0.4, 0.5) is 23.7 Å². The second-order valence-electron chi connectivity index (χ2n) is 6.27. The normalized spacial score (nSPS) is 17.4. The number of benzene rings is 2. The van der Waals surface area contributed by atoms with Crippen LogP contribution in [0.1, 0.15) is 29.7 Å². The molecule has 0 aliphatic carbocycles. The maximum atomic E-state index is 13.0. The number of urea groups is 1. The van der Waals surface area contributed by atoms with Crippen molar-refractivity contribution in [2.75, 3.05) is 11.5 Å². The van der Waals surface area contributed by atoms with Gasteiger partial charge in [0.15, 0.2) is 0 Å². The number of nitriles is 1. The van der Waals surface area contributed by atoms with Gasteiger partial charge in [0.1, 0.15) is 0 Å². The van der Waals surface area contributed by atoms with E-state index in [4.69, 9.17) is 5.26 Å². The average molecular weight is 387 g/mol. The third-order valence-corrected chi connectivity index (χ3v) is 4.59. The fourth-order valence-electron chi connectivity index (χ4n) is 3.15. The number of aliphatic hydroxyl groups excluding tert-OH is 1. The number of carbonyl (C=O) groups excluding carboxylic acids is 1. The number of allylic oxidation sites excluding steroid dienone is 1. The number of halogens is 3. The SMILES string of the molecule is CC1=C(CO)C(c2ccc(C#N)cc2)NC(=O)N1c1cccc(C(F)(F)F)c1. The highest BCUT2D eigenvalue weighted by Crippen LogP contribution is 2.36. The minimum Gasteiger partial charge on any atom is -0.392 e. The first-order valence-corrected chi connectivity index (χ1v) is 8.34. The van der Waals surface area contributed by atoms with E-state index >= 15 is 0 Å². The van der Waals surface area contributed by atoms with Crippen molar-refractivity contribution in [3.05, 3.63) is 76.5 Å². The van der Waals surface area contributed by atoms with Crippen LogP contribution in [0.3, 0.4) is 0 Å². The summed E-state index contributed by atoms with van der Waals surface area (Å²) < 4.78 is 39.1. The minimum atomic E-state index is -4.54. The maximum Gasteiger partial charge on any atom is 0.416 e. The Bertz CT molecular complexity index is 975. The van der Waals surface area contributed by atoms with Crippen LogP contribution in [-0.2, 0) is 6.18 Å². The Morgan fingerprint density at radius 1 is 1.21 bits per heavy atom. The molecule has 2 aromatic rings. The molecule has 5 nitrogen and oxygen atoms in total. The van der Waals surface area contributed by atoms with Gasteiger partial charge in [0.05, 0.1) is 35.5 Å². The Labute approximate surface area is 159 Å². The number of carbonyl (C=O) groups is 1. The molecule has 3 rings (SSSR count). The molecule has 1 unspecified atom stereocenters. The molecular weight excluding hydrogens is 371 g/mol. The lowest BCUT2D eigenvalue weighted by Crippen LogP contribution is -2.47. The highest BCUT2D eigenvalue weighted by atomic mass is 19.4. The molecule has 0 bridgehead atoms. The summed E-state index contributed by atoms with van der Waals surface area (Å²) in [6.45, 7) is 1.17. The van der Waals surface area contributed by atoms with Crippen molar-refractivity contribution in [1.82, 2.24) is 5.32 Å². The third kappa shape index (κ3) is 3.57. The van der Waals surface area contributed by atoms with Crippen LogP contribution in [0.2, 0.25) is 0 Å². The van der Waals surface area contributed by atoms with Gasteiger partial charge in [-0.25, -0.2) is 4.79 Å². The summed E-state index contributed by atoms with van der Waals surface area (Å²) in [6, 6.07) is 11.7. The predicted molar refractivity (Wildman–Crippen MR) is 96.1 cm³/mol. The van der Waals surface area contributed by atoms with Gasteiger partial charge in [-0.2, -0.15) is 18.4 Å². The summed E-state index contributed by atoms with van der Waals surface area (Å²) in [5.74, 6) is 0. The van der Waals surface area contributed by atoms with E-state index in [9.17, 15) is 23.1 Å². The number of alkyl halides is 3. The Morgan fingerprint density at radius 2 is 1.89 bits per heavy atom. The Balaban J connectivity index is 2.04. The molecule has 0 saturated carbocycles. The number of hydrogen-bond acceptors (Lipinski definition) is 3. The molecule has 0 fully saturated rings. The number of hydrogen-bond donors (Lipinski definition) is 2. The van der Waals surface area contributed by atoms with Crippen LogP contribution in [0.5, 0.6) is 0 Å². The van der Waals surface area contributed by atoms with Crippen molar-refractivity contribution in [1.29, 1.82) is 5.26 Å².